The van der Waals surface area contributed by atoms with E-state index in [1.54, 1.807) is 0 Å². The molecule has 3 rings (SSSR count). The number of benzene rings is 2. The van der Waals surface area contributed by atoms with Crippen molar-refractivity contribution >= 4 is 45.2 Å². The van der Waals surface area contributed by atoms with Crippen molar-refractivity contribution in [2.75, 3.05) is 25.0 Å². The van der Waals surface area contributed by atoms with Crippen molar-refractivity contribution in [3.05, 3.63) is 75.9 Å². The van der Waals surface area contributed by atoms with Gasteiger partial charge in [-0.25, -0.2) is 9.78 Å². The molecule has 0 aliphatic rings. The third-order valence-corrected chi connectivity index (χ3v) is 6.73. The maximum Gasteiger partial charge on any atom is 0.422 e. The highest BCUT2D eigenvalue weighted by Crippen LogP contribution is 2.37. The molecule has 1 amide bonds. The molecule has 2 aromatic carbocycles. The molecule has 0 atom stereocenters. The fraction of sp³-hybridized carbons (Fsp3) is 0.217. The van der Waals surface area contributed by atoms with Crippen molar-refractivity contribution in [1.29, 1.82) is 0 Å². The number of amides is 1. The van der Waals surface area contributed by atoms with Crippen molar-refractivity contribution in [3.63, 3.8) is 0 Å². The van der Waals surface area contributed by atoms with Gasteiger partial charge in [-0.15, -0.1) is 0 Å². The van der Waals surface area contributed by atoms with Gasteiger partial charge in [-0.3, -0.25) is 4.72 Å². The van der Waals surface area contributed by atoms with Gasteiger partial charge in [0.2, 0.25) is 5.88 Å². The van der Waals surface area contributed by atoms with Gasteiger partial charge in [-0.1, -0.05) is 23.2 Å². The summed E-state index contributed by atoms with van der Waals surface area (Å²) >= 11 is 11.8. The maximum atomic E-state index is 13.0. The molecule has 1 heterocycles. The maximum absolute atomic E-state index is 13.0. The summed E-state index contributed by atoms with van der Waals surface area (Å²) in [4.78, 5) is 15.6. The monoisotopic (exact) mass is 609 g/mol. The van der Waals surface area contributed by atoms with Gasteiger partial charge in [-0.05, 0) is 42.5 Å². The number of ether oxygens (including phenoxy) is 3. The summed E-state index contributed by atoms with van der Waals surface area (Å²) in [5, 5.41) is 9.53. The third kappa shape index (κ3) is 8.26. The molecule has 10 nitrogen and oxygen atoms in total. The number of hydrogen-bond acceptors (Lipinski definition) is 7. The fourth-order valence-corrected chi connectivity index (χ4v) is 4.37. The minimum Gasteiger partial charge on any atom is -0.491 e. The Kier molecular flexibility index (Phi) is 9.72. The zero-order chi connectivity index (χ0) is 28.8. The van der Waals surface area contributed by atoms with Crippen molar-refractivity contribution in [3.8, 4) is 17.4 Å². The van der Waals surface area contributed by atoms with Crippen LogP contribution in [0.4, 0.5) is 23.7 Å². The lowest BCUT2D eigenvalue weighted by atomic mass is 10.2. The molecule has 3 aromatic rings. The predicted octanol–water partition coefficient (Wildman–Crippen LogP) is 6.06. The first-order chi connectivity index (χ1) is 18.3. The summed E-state index contributed by atoms with van der Waals surface area (Å²) in [5.74, 6) is -0.408. The predicted molar refractivity (Wildman–Crippen MR) is 136 cm³/mol. The van der Waals surface area contributed by atoms with Gasteiger partial charge >= 0.3 is 22.5 Å². The van der Waals surface area contributed by atoms with Crippen LogP contribution in [0.3, 0.4) is 0 Å². The van der Waals surface area contributed by atoms with Crippen LogP contribution in [0, 0.1) is 0 Å². The highest BCUT2D eigenvalue weighted by Gasteiger charge is 2.32. The Bertz CT molecular complexity index is 1430. The smallest absolute Gasteiger partial charge is 0.422 e. The SMILES string of the molecule is COCCOc1ccc(CN(C(=O)O)S(=O)(=O)Nc2ccc(Cl)cc2)c(Oc2ncc(C(F)(F)F)cc2Cl)c1. The summed E-state index contributed by atoms with van der Waals surface area (Å²) in [7, 11) is -3.21. The summed E-state index contributed by atoms with van der Waals surface area (Å²) in [6.07, 6.45) is -6.03. The van der Waals surface area contributed by atoms with E-state index in [4.69, 9.17) is 37.4 Å². The van der Waals surface area contributed by atoms with Crippen LogP contribution >= 0.6 is 23.2 Å². The molecule has 2 N–H and O–H groups in total. The minimum atomic E-state index is -4.71. The Hall–Kier alpha value is -3.46. The van der Waals surface area contributed by atoms with E-state index in [1.165, 1.54) is 49.6 Å². The van der Waals surface area contributed by atoms with Crippen LogP contribution in [0.5, 0.6) is 17.4 Å². The van der Waals surface area contributed by atoms with Gasteiger partial charge in [0.1, 0.15) is 23.1 Å². The molecule has 0 bridgehead atoms. The summed E-state index contributed by atoms with van der Waals surface area (Å²) < 4.78 is 83.1. The van der Waals surface area contributed by atoms with Gasteiger partial charge in [0.25, 0.3) is 0 Å². The highest BCUT2D eigenvalue weighted by atomic mass is 35.5. The number of halogens is 5. The lowest BCUT2D eigenvalue weighted by Crippen LogP contribution is -2.39. The van der Waals surface area contributed by atoms with Crippen LogP contribution in [0.1, 0.15) is 11.1 Å². The Labute approximate surface area is 231 Å². The van der Waals surface area contributed by atoms with E-state index >= 15 is 0 Å². The van der Waals surface area contributed by atoms with Crippen LogP contribution in [-0.2, 0) is 27.7 Å². The van der Waals surface area contributed by atoms with Crippen molar-refractivity contribution in [2.24, 2.45) is 0 Å². The molecule has 0 aliphatic carbocycles. The zero-order valence-corrected chi connectivity index (χ0v) is 22.2. The molecule has 0 aliphatic heterocycles. The molecule has 0 saturated carbocycles. The molecule has 0 fully saturated rings. The number of anilines is 1. The molecule has 0 saturated heterocycles. The van der Waals surface area contributed by atoms with E-state index in [1.807, 2.05) is 0 Å². The molecule has 39 heavy (non-hydrogen) atoms. The van der Waals surface area contributed by atoms with Gasteiger partial charge < -0.3 is 19.3 Å². The number of carboxylic acid groups (broad SMARTS) is 1. The molecule has 0 unspecified atom stereocenters. The standard InChI is InChI=1S/C23H20Cl2F3N3O7S/c1-36-8-9-37-18-7-2-14(20(11-18)38-21-19(25)10-15(12-29-21)23(26,27)28)13-31(22(32)33)39(34,35)30-17-5-3-16(24)4-6-17/h2-7,10-12,30H,8-9,13H2,1H3,(H,32,33). The van der Waals surface area contributed by atoms with Crippen molar-refractivity contribution in [2.45, 2.75) is 12.7 Å². The number of methoxy groups -OCH3 is 1. The second-order valence-corrected chi connectivity index (χ2v) is 10.1. The fourth-order valence-electron chi connectivity index (χ4n) is 2.98. The zero-order valence-electron chi connectivity index (χ0n) is 19.9. The molecule has 0 spiro atoms. The first-order valence-corrected chi connectivity index (χ1v) is 12.9. The normalized spacial score (nSPS) is 11.6. The van der Waals surface area contributed by atoms with Crippen molar-refractivity contribution < 1.29 is 45.7 Å². The number of carbonyl (C=O) groups is 1. The Morgan fingerprint density at radius 2 is 1.79 bits per heavy atom. The number of nitrogens with one attached hydrogen (secondary N) is 1. The van der Waals surface area contributed by atoms with Crippen LogP contribution < -0.4 is 14.2 Å². The highest BCUT2D eigenvalue weighted by molar-refractivity contribution is 7.90. The number of hydrogen-bond donors (Lipinski definition) is 2. The molecular weight excluding hydrogens is 590 g/mol. The van der Waals surface area contributed by atoms with Crippen LogP contribution in [0.25, 0.3) is 0 Å². The van der Waals surface area contributed by atoms with E-state index in [2.05, 4.69) is 9.71 Å². The van der Waals surface area contributed by atoms with Crippen LogP contribution in [0.2, 0.25) is 10.0 Å². The summed E-state index contributed by atoms with van der Waals surface area (Å²) in [6.45, 7) is -0.412. The molecule has 1 aromatic heterocycles. The number of pyridine rings is 1. The number of aromatic nitrogens is 1. The Morgan fingerprint density at radius 3 is 2.38 bits per heavy atom. The molecule has 0 radical (unpaired) electrons. The van der Waals surface area contributed by atoms with Gasteiger partial charge in [-0.2, -0.15) is 25.9 Å². The van der Waals surface area contributed by atoms with E-state index in [-0.39, 0.29) is 40.3 Å². The number of rotatable bonds is 11. The third-order valence-electron chi connectivity index (χ3n) is 4.84. The number of nitrogens with zero attached hydrogens (tertiary/aromatic N) is 2. The van der Waals surface area contributed by atoms with E-state index < -0.39 is 45.5 Å². The average Bonchev–Trinajstić information content (AvgIpc) is 2.85. The molecule has 16 heteroatoms. The summed E-state index contributed by atoms with van der Waals surface area (Å²) in [6, 6.07) is 10.1. The van der Waals surface area contributed by atoms with E-state index in [0.717, 1.165) is 0 Å². The second-order valence-electron chi connectivity index (χ2n) is 7.62. The topological polar surface area (TPSA) is 127 Å². The first kappa shape index (κ1) is 30.1. The average molecular weight is 610 g/mol. The Balaban J connectivity index is 1.96. The second kappa shape index (κ2) is 12.6. The van der Waals surface area contributed by atoms with Gasteiger partial charge in [0, 0.05) is 30.0 Å². The van der Waals surface area contributed by atoms with Crippen LogP contribution in [-0.4, -0.2) is 49.2 Å². The first-order valence-electron chi connectivity index (χ1n) is 10.7. The van der Waals surface area contributed by atoms with E-state index in [0.29, 0.717) is 17.3 Å². The quantitative estimate of drug-likeness (QED) is 0.251. The summed E-state index contributed by atoms with van der Waals surface area (Å²) in [5.41, 5.74) is -1.08. The van der Waals surface area contributed by atoms with E-state index in [9.17, 15) is 31.5 Å². The lowest BCUT2D eigenvalue weighted by Gasteiger charge is -2.22. The lowest BCUT2D eigenvalue weighted by molar-refractivity contribution is -0.137. The Morgan fingerprint density at radius 1 is 1.10 bits per heavy atom. The van der Waals surface area contributed by atoms with Crippen molar-refractivity contribution in [1.82, 2.24) is 9.29 Å². The number of alkyl halides is 3. The largest absolute Gasteiger partial charge is 0.491 e. The molecule has 210 valence electrons. The minimum absolute atomic E-state index is 0.00395. The van der Waals surface area contributed by atoms with Crippen LogP contribution in [0.15, 0.2) is 54.7 Å². The van der Waals surface area contributed by atoms with Gasteiger partial charge in [0.15, 0.2) is 0 Å². The van der Waals surface area contributed by atoms with Gasteiger partial charge in [0.05, 0.1) is 24.4 Å². The molecular formula is C23H20Cl2F3N3O7S.